The lowest BCUT2D eigenvalue weighted by Crippen LogP contribution is -2.52. The van der Waals surface area contributed by atoms with Crippen molar-refractivity contribution in [3.05, 3.63) is 82.8 Å². The number of amides is 2. The molecule has 218 valence electrons. The molecule has 41 heavy (non-hydrogen) atoms. The van der Waals surface area contributed by atoms with E-state index in [2.05, 4.69) is 21.2 Å². The molecule has 0 spiro atoms. The van der Waals surface area contributed by atoms with Crippen molar-refractivity contribution < 1.29 is 27.5 Å². The highest BCUT2D eigenvalue weighted by Gasteiger charge is 2.33. The number of benzene rings is 3. The van der Waals surface area contributed by atoms with Crippen LogP contribution in [0.4, 0.5) is 5.69 Å². The Morgan fingerprint density at radius 3 is 2.34 bits per heavy atom. The maximum atomic E-state index is 14.1. The maximum absolute atomic E-state index is 14.1. The van der Waals surface area contributed by atoms with Crippen LogP contribution in [0.1, 0.15) is 32.8 Å². The third-order valence-electron chi connectivity index (χ3n) is 6.83. The lowest BCUT2D eigenvalue weighted by Gasteiger charge is -2.32. The number of fused-ring (bicyclic) bond motifs is 1. The molecule has 1 heterocycles. The van der Waals surface area contributed by atoms with E-state index in [9.17, 15) is 18.0 Å². The lowest BCUT2D eigenvalue weighted by molar-refractivity contribution is -0.139. The van der Waals surface area contributed by atoms with Crippen molar-refractivity contribution in [1.29, 1.82) is 0 Å². The van der Waals surface area contributed by atoms with Gasteiger partial charge in [0.15, 0.2) is 11.5 Å². The molecule has 1 aliphatic rings. The predicted molar refractivity (Wildman–Crippen MR) is 160 cm³/mol. The molecule has 0 aliphatic carbocycles. The van der Waals surface area contributed by atoms with Gasteiger partial charge in [-0.3, -0.25) is 13.9 Å². The van der Waals surface area contributed by atoms with Crippen LogP contribution in [0.3, 0.4) is 0 Å². The summed E-state index contributed by atoms with van der Waals surface area (Å²) in [6, 6.07) is 19.2. The summed E-state index contributed by atoms with van der Waals surface area (Å²) in [6.45, 7) is 5.77. The van der Waals surface area contributed by atoms with Gasteiger partial charge in [-0.2, -0.15) is 0 Å². The quantitative estimate of drug-likeness (QED) is 0.323. The van der Waals surface area contributed by atoms with Gasteiger partial charge >= 0.3 is 0 Å². The first-order valence-electron chi connectivity index (χ1n) is 13.4. The largest absolute Gasteiger partial charge is 0.486 e. The molecular weight excluding hydrogens is 610 g/mol. The number of nitrogens with one attached hydrogen (secondary N) is 1. The Kier molecular flexibility index (Phi) is 9.93. The molecule has 4 rings (SSSR count). The Morgan fingerprint density at radius 2 is 1.66 bits per heavy atom. The zero-order chi connectivity index (χ0) is 29.6. The minimum absolute atomic E-state index is 0.0313. The number of ether oxygens (including phenoxy) is 2. The predicted octanol–water partition coefficient (Wildman–Crippen LogP) is 4.75. The van der Waals surface area contributed by atoms with Crippen LogP contribution in [0.15, 0.2) is 82.2 Å². The monoisotopic (exact) mass is 643 g/mol. The van der Waals surface area contributed by atoms with Crippen LogP contribution in [0.5, 0.6) is 11.5 Å². The number of hydrogen-bond donors (Lipinski definition) is 1. The number of sulfonamides is 1. The molecule has 0 fully saturated rings. The van der Waals surface area contributed by atoms with E-state index in [0.717, 1.165) is 20.8 Å². The SMILES string of the molecule is CC[C@@H](C)NC(=O)[C@H](C)N(Cc1cccc(Br)c1)C(=O)CN(c1ccc2c(c1)OCCO2)S(=O)(=O)c1ccccc1. The van der Waals surface area contributed by atoms with Crippen molar-refractivity contribution in [2.75, 3.05) is 24.1 Å². The maximum Gasteiger partial charge on any atom is 0.264 e. The minimum atomic E-state index is -4.18. The number of carbonyl (C=O) groups excluding carboxylic acids is 2. The average molecular weight is 645 g/mol. The summed E-state index contributed by atoms with van der Waals surface area (Å²) in [6.07, 6.45) is 0.727. The molecule has 11 heteroatoms. The first-order valence-corrected chi connectivity index (χ1v) is 15.6. The molecular formula is C30H34BrN3O6S. The fourth-order valence-corrected chi connectivity index (χ4v) is 6.19. The highest BCUT2D eigenvalue weighted by Crippen LogP contribution is 2.36. The molecule has 3 aromatic carbocycles. The van der Waals surface area contributed by atoms with Crippen LogP contribution in [0.25, 0.3) is 0 Å². The van der Waals surface area contributed by atoms with E-state index in [4.69, 9.17) is 9.47 Å². The second-order valence-corrected chi connectivity index (χ2v) is 12.6. The van der Waals surface area contributed by atoms with E-state index < -0.39 is 28.5 Å². The number of carbonyl (C=O) groups is 2. The van der Waals surface area contributed by atoms with Gasteiger partial charge in [-0.1, -0.05) is 53.2 Å². The minimum Gasteiger partial charge on any atom is -0.486 e. The summed E-state index contributed by atoms with van der Waals surface area (Å²) in [5.41, 5.74) is 1.03. The number of nitrogens with zero attached hydrogens (tertiary/aromatic N) is 2. The molecule has 1 aliphatic heterocycles. The van der Waals surface area contributed by atoms with Crippen LogP contribution in [-0.4, -0.2) is 57.0 Å². The van der Waals surface area contributed by atoms with Gasteiger partial charge in [0.2, 0.25) is 11.8 Å². The lowest BCUT2D eigenvalue weighted by atomic mass is 10.1. The van der Waals surface area contributed by atoms with Crippen molar-refractivity contribution in [3.8, 4) is 11.5 Å². The van der Waals surface area contributed by atoms with Gasteiger partial charge in [-0.05, 0) is 62.2 Å². The van der Waals surface area contributed by atoms with Gasteiger partial charge in [0, 0.05) is 23.1 Å². The van der Waals surface area contributed by atoms with E-state index in [1.807, 2.05) is 38.1 Å². The molecule has 3 aromatic rings. The Labute approximate surface area is 249 Å². The molecule has 1 N–H and O–H groups in total. The van der Waals surface area contributed by atoms with Crippen molar-refractivity contribution in [2.24, 2.45) is 0 Å². The second kappa shape index (κ2) is 13.4. The first-order chi connectivity index (χ1) is 19.6. The van der Waals surface area contributed by atoms with E-state index in [-0.39, 0.29) is 29.1 Å². The summed E-state index contributed by atoms with van der Waals surface area (Å²) in [7, 11) is -4.18. The van der Waals surface area contributed by atoms with Crippen molar-refractivity contribution in [3.63, 3.8) is 0 Å². The fourth-order valence-electron chi connectivity index (χ4n) is 4.32. The van der Waals surface area contributed by atoms with Crippen LogP contribution in [0, 0.1) is 0 Å². The molecule has 0 saturated carbocycles. The zero-order valence-electron chi connectivity index (χ0n) is 23.2. The van der Waals surface area contributed by atoms with E-state index in [0.29, 0.717) is 24.7 Å². The molecule has 0 unspecified atom stereocenters. The van der Waals surface area contributed by atoms with Crippen LogP contribution >= 0.6 is 15.9 Å². The molecule has 0 saturated heterocycles. The average Bonchev–Trinajstić information content (AvgIpc) is 2.98. The molecule has 0 radical (unpaired) electrons. The summed E-state index contributed by atoms with van der Waals surface area (Å²) >= 11 is 3.46. The van der Waals surface area contributed by atoms with Gasteiger partial charge in [-0.15, -0.1) is 0 Å². The molecule has 9 nitrogen and oxygen atoms in total. The van der Waals surface area contributed by atoms with Crippen LogP contribution in [-0.2, 0) is 26.2 Å². The highest BCUT2D eigenvalue weighted by molar-refractivity contribution is 9.10. The van der Waals surface area contributed by atoms with Crippen LogP contribution < -0.4 is 19.1 Å². The Bertz CT molecular complexity index is 1480. The van der Waals surface area contributed by atoms with Crippen LogP contribution in [0.2, 0.25) is 0 Å². The van der Waals surface area contributed by atoms with Gasteiger partial charge in [0.1, 0.15) is 25.8 Å². The Balaban J connectivity index is 1.73. The Hall–Kier alpha value is -3.57. The van der Waals surface area contributed by atoms with Gasteiger partial charge < -0.3 is 19.7 Å². The number of anilines is 1. The van der Waals surface area contributed by atoms with E-state index in [1.165, 1.54) is 17.0 Å². The highest BCUT2D eigenvalue weighted by atomic mass is 79.9. The van der Waals surface area contributed by atoms with Crippen molar-refractivity contribution in [2.45, 2.75) is 50.7 Å². The molecule has 2 atom stereocenters. The standard InChI is InChI=1S/C30H34BrN3O6S/c1-4-21(2)32-30(36)22(3)33(19-23-9-8-10-24(31)17-23)29(35)20-34(41(37,38)26-11-6-5-7-12-26)25-13-14-27-28(18-25)40-16-15-39-27/h5-14,17-18,21-22H,4,15-16,19-20H2,1-3H3,(H,32,36)/t21-,22+/m1/s1. The molecule has 0 bridgehead atoms. The second-order valence-electron chi connectivity index (χ2n) is 9.80. The summed E-state index contributed by atoms with van der Waals surface area (Å²) in [5, 5.41) is 2.93. The van der Waals surface area contributed by atoms with Gasteiger partial charge in [0.25, 0.3) is 10.0 Å². The topological polar surface area (TPSA) is 105 Å². The van der Waals surface area contributed by atoms with Gasteiger partial charge in [0.05, 0.1) is 10.6 Å². The summed E-state index contributed by atoms with van der Waals surface area (Å²) in [5.74, 6) is 0.0300. The Morgan fingerprint density at radius 1 is 0.951 bits per heavy atom. The van der Waals surface area contributed by atoms with Crippen molar-refractivity contribution in [1.82, 2.24) is 10.2 Å². The molecule has 2 amide bonds. The normalized spacial score (nSPS) is 14.0. The zero-order valence-corrected chi connectivity index (χ0v) is 25.7. The number of hydrogen-bond acceptors (Lipinski definition) is 6. The third kappa shape index (κ3) is 7.39. The fraction of sp³-hybridized carbons (Fsp3) is 0.333. The third-order valence-corrected chi connectivity index (χ3v) is 9.12. The molecule has 0 aromatic heterocycles. The summed E-state index contributed by atoms with van der Waals surface area (Å²) < 4.78 is 41.1. The smallest absolute Gasteiger partial charge is 0.264 e. The summed E-state index contributed by atoms with van der Waals surface area (Å²) in [4.78, 5) is 28.7. The van der Waals surface area contributed by atoms with E-state index >= 15 is 0 Å². The van der Waals surface area contributed by atoms with Gasteiger partial charge in [-0.25, -0.2) is 8.42 Å². The number of rotatable bonds is 11. The number of halogens is 1. The van der Waals surface area contributed by atoms with Crippen molar-refractivity contribution >= 4 is 43.5 Å². The van der Waals surface area contributed by atoms with E-state index in [1.54, 1.807) is 43.3 Å². The first kappa shape index (κ1) is 30.4.